The van der Waals surface area contributed by atoms with E-state index in [4.69, 9.17) is 9.47 Å². The van der Waals surface area contributed by atoms with Gasteiger partial charge in [0.05, 0.1) is 20.8 Å². The van der Waals surface area contributed by atoms with Crippen molar-refractivity contribution >= 4 is 27.7 Å². The number of ether oxygens (including phenoxy) is 2. The summed E-state index contributed by atoms with van der Waals surface area (Å²) in [6.45, 7) is 4.76. The van der Waals surface area contributed by atoms with Crippen LogP contribution in [-0.4, -0.2) is 37.5 Å². The van der Waals surface area contributed by atoms with Crippen molar-refractivity contribution < 1.29 is 19.1 Å². The lowest BCUT2D eigenvalue weighted by Crippen LogP contribution is -2.33. The molecule has 7 heteroatoms. The number of methoxy groups -OCH3 is 2. The number of hydrogen-bond acceptors (Lipinski definition) is 4. The molecule has 2 aromatic carbocycles. The van der Waals surface area contributed by atoms with E-state index in [-0.39, 0.29) is 24.9 Å². The summed E-state index contributed by atoms with van der Waals surface area (Å²) in [5, 5.41) is 2.83. The summed E-state index contributed by atoms with van der Waals surface area (Å²) >= 11 is 3.47. The molecule has 1 N–H and O–H groups in total. The third-order valence-corrected chi connectivity index (χ3v) is 5.36. The second-order valence-electron chi connectivity index (χ2n) is 6.39. The fraction of sp³-hybridized carbons (Fsp3) is 0.238. The van der Waals surface area contributed by atoms with Crippen molar-refractivity contribution in [2.75, 3.05) is 20.8 Å². The van der Waals surface area contributed by atoms with Gasteiger partial charge in [0.2, 0.25) is 5.91 Å². The normalized spacial score (nSPS) is 12.5. The molecule has 6 nitrogen and oxygen atoms in total. The van der Waals surface area contributed by atoms with E-state index in [2.05, 4.69) is 27.8 Å². The van der Waals surface area contributed by atoms with Crippen LogP contribution < -0.4 is 14.8 Å². The van der Waals surface area contributed by atoms with Crippen LogP contribution in [0, 0.1) is 0 Å². The molecule has 0 aromatic heterocycles. The average molecular weight is 445 g/mol. The highest BCUT2D eigenvalue weighted by molar-refractivity contribution is 9.10. The Labute approximate surface area is 172 Å². The molecule has 1 aliphatic heterocycles. The summed E-state index contributed by atoms with van der Waals surface area (Å²) in [6.07, 6.45) is 0. The highest BCUT2D eigenvalue weighted by Crippen LogP contribution is 2.29. The number of nitrogens with one attached hydrogen (secondary N) is 1. The zero-order valence-corrected chi connectivity index (χ0v) is 17.3. The minimum absolute atomic E-state index is 0.0953. The lowest BCUT2D eigenvalue weighted by atomic mass is 10.1. The molecule has 3 rings (SSSR count). The Morgan fingerprint density at radius 3 is 2.71 bits per heavy atom. The van der Waals surface area contributed by atoms with Gasteiger partial charge in [0.25, 0.3) is 5.91 Å². The quantitative estimate of drug-likeness (QED) is 0.665. The third-order valence-electron chi connectivity index (χ3n) is 4.62. The van der Waals surface area contributed by atoms with E-state index in [0.29, 0.717) is 29.2 Å². The SMILES string of the molecule is C=C(CN1Cc2c(Br)cccc2C1=O)C(=O)NCc1ccc(OC)cc1OC. The van der Waals surface area contributed by atoms with Gasteiger partial charge in [-0.1, -0.05) is 28.6 Å². The molecule has 0 unspecified atom stereocenters. The van der Waals surface area contributed by atoms with Crippen LogP contribution in [0.15, 0.2) is 53.0 Å². The van der Waals surface area contributed by atoms with Crippen molar-refractivity contribution in [3.05, 3.63) is 69.7 Å². The van der Waals surface area contributed by atoms with Crippen LogP contribution in [0.4, 0.5) is 0 Å². The van der Waals surface area contributed by atoms with Gasteiger partial charge in [0, 0.05) is 40.3 Å². The summed E-state index contributed by atoms with van der Waals surface area (Å²) in [7, 11) is 3.14. The Balaban J connectivity index is 1.60. The molecule has 0 aliphatic carbocycles. The lowest BCUT2D eigenvalue weighted by Gasteiger charge is -2.17. The molecule has 0 atom stereocenters. The Kier molecular flexibility index (Phi) is 6.04. The summed E-state index contributed by atoms with van der Waals surface area (Å²) in [4.78, 5) is 26.6. The Morgan fingerprint density at radius 1 is 1.25 bits per heavy atom. The topological polar surface area (TPSA) is 67.9 Å². The van der Waals surface area contributed by atoms with Crippen LogP contribution in [0.1, 0.15) is 21.5 Å². The number of nitrogens with zero attached hydrogens (tertiary/aromatic N) is 1. The van der Waals surface area contributed by atoms with Crippen LogP contribution in [0.5, 0.6) is 11.5 Å². The number of benzene rings is 2. The molecule has 0 bridgehead atoms. The summed E-state index contributed by atoms with van der Waals surface area (Å²) in [6, 6.07) is 10.9. The van der Waals surface area contributed by atoms with Crippen molar-refractivity contribution in [2.24, 2.45) is 0 Å². The Morgan fingerprint density at radius 2 is 2.04 bits per heavy atom. The maximum atomic E-state index is 12.5. The van der Waals surface area contributed by atoms with E-state index in [9.17, 15) is 9.59 Å². The first-order valence-corrected chi connectivity index (χ1v) is 9.47. The van der Waals surface area contributed by atoms with Crippen molar-refractivity contribution in [3.63, 3.8) is 0 Å². The predicted molar refractivity (Wildman–Crippen MR) is 109 cm³/mol. The summed E-state index contributed by atoms with van der Waals surface area (Å²) in [5.41, 5.74) is 2.73. The molecule has 1 heterocycles. The largest absolute Gasteiger partial charge is 0.497 e. The van der Waals surface area contributed by atoms with Gasteiger partial charge in [-0.15, -0.1) is 0 Å². The fourth-order valence-corrected chi connectivity index (χ4v) is 3.57. The van der Waals surface area contributed by atoms with Crippen LogP contribution >= 0.6 is 15.9 Å². The molecular formula is C21H21BrN2O4. The molecule has 0 fully saturated rings. The highest BCUT2D eigenvalue weighted by atomic mass is 79.9. The lowest BCUT2D eigenvalue weighted by molar-refractivity contribution is -0.117. The number of amides is 2. The second kappa shape index (κ2) is 8.48. The van der Waals surface area contributed by atoms with Crippen molar-refractivity contribution in [1.29, 1.82) is 0 Å². The van der Waals surface area contributed by atoms with Gasteiger partial charge in [0.15, 0.2) is 0 Å². The van der Waals surface area contributed by atoms with Crippen LogP contribution in [-0.2, 0) is 17.9 Å². The molecular weight excluding hydrogens is 424 g/mol. The van der Waals surface area contributed by atoms with Crippen molar-refractivity contribution in [3.8, 4) is 11.5 Å². The molecule has 28 heavy (non-hydrogen) atoms. The number of hydrogen-bond donors (Lipinski definition) is 1. The van der Waals surface area contributed by atoms with Crippen LogP contribution in [0.2, 0.25) is 0 Å². The molecule has 2 aromatic rings. The van der Waals surface area contributed by atoms with Gasteiger partial charge < -0.3 is 19.7 Å². The zero-order chi connectivity index (χ0) is 20.3. The molecule has 0 saturated carbocycles. The number of carbonyl (C=O) groups excluding carboxylic acids is 2. The van der Waals surface area contributed by atoms with Gasteiger partial charge >= 0.3 is 0 Å². The van der Waals surface area contributed by atoms with Gasteiger partial charge in [-0.05, 0) is 29.8 Å². The smallest absolute Gasteiger partial charge is 0.254 e. The minimum Gasteiger partial charge on any atom is -0.497 e. The van der Waals surface area contributed by atoms with E-state index < -0.39 is 0 Å². The first-order valence-electron chi connectivity index (χ1n) is 8.68. The van der Waals surface area contributed by atoms with Crippen LogP contribution in [0.25, 0.3) is 0 Å². The Hall–Kier alpha value is -2.80. The molecule has 0 radical (unpaired) electrons. The number of halogens is 1. The Bertz CT molecular complexity index is 942. The average Bonchev–Trinajstić information content (AvgIpc) is 3.03. The monoisotopic (exact) mass is 444 g/mol. The van der Waals surface area contributed by atoms with Gasteiger partial charge in [0.1, 0.15) is 11.5 Å². The predicted octanol–water partition coefficient (Wildman–Crippen LogP) is 3.29. The van der Waals surface area contributed by atoms with E-state index in [1.165, 1.54) is 0 Å². The van der Waals surface area contributed by atoms with Crippen LogP contribution in [0.3, 0.4) is 0 Å². The van der Waals surface area contributed by atoms with E-state index >= 15 is 0 Å². The second-order valence-corrected chi connectivity index (χ2v) is 7.25. The first kappa shape index (κ1) is 19.9. The minimum atomic E-state index is -0.305. The molecule has 1 aliphatic rings. The van der Waals surface area contributed by atoms with Gasteiger partial charge in [-0.2, -0.15) is 0 Å². The summed E-state index contributed by atoms with van der Waals surface area (Å²) in [5.74, 6) is 0.901. The maximum Gasteiger partial charge on any atom is 0.254 e. The molecule has 0 saturated heterocycles. The standard InChI is InChI=1S/C21H21BrN2O4/c1-13(11-24-12-17-16(21(24)26)5-4-6-18(17)22)20(25)23-10-14-7-8-15(27-2)9-19(14)28-3/h4-9H,1,10-12H2,2-3H3,(H,23,25). The van der Waals surface area contributed by atoms with Gasteiger partial charge in [-0.3, -0.25) is 9.59 Å². The first-order chi connectivity index (χ1) is 13.4. The fourth-order valence-electron chi connectivity index (χ4n) is 3.08. The van der Waals surface area contributed by atoms with Crippen molar-refractivity contribution in [2.45, 2.75) is 13.1 Å². The van der Waals surface area contributed by atoms with E-state index in [0.717, 1.165) is 15.6 Å². The molecule has 0 spiro atoms. The van der Waals surface area contributed by atoms with E-state index in [1.807, 2.05) is 18.2 Å². The highest BCUT2D eigenvalue weighted by Gasteiger charge is 2.29. The number of fused-ring (bicyclic) bond motifs is 1. The number of rotatable bonds is 7. The number of carbonyl (C=O) groups is 2. The maximum absolute atomic E-state index is 12.5. The van der Waals surface area contributed by atoms with Gasteiger partial charge in [-0.25, -0.2) is 0 Å². The summed E-state index contributed by atoms with van der Waals surface area (Å²) < 4.78 is 11.4. The zero-order valence-electron chi connectivity index (χ0n) is 15.8. The molecule has 146 valence electrons. The van der Waals surface area contributed by atoms with Crippen molar-refractivity contribution in [1.82, 2.24) is 10.2 Å². The molecule has 2 amide bonds. The van der Waals surface area contributed by atoms with E-state index in [1.54, 1.807) is 37.3 Å². The third kappa shape index (κ3) is 4.04.